The third kappa shape index (κ3) is 3.34. The van der Waals surface area contributed by atoms with Crippen LogP contribution in [0.5, 0.6) is 0 Å². The fourth-order valence-electron chi connectivity index (χ4n) is 2.46. The molecule has 2 aromatic carbocycles. The lowest BCUT2D eigenvalue weighted by atomic mass is 9.89. The predicted octanol–water partition coefficient (Wildman–Crippen LogP) is 4.45. The second-order valence-corrected chi connectivity index (χ2v) is 5.59. The lowest BCUT2D eigenvalue weighted by Gasteiger charge is -2.29. The van der Waals surface area contributed by atoms with Gasteiger partial charge in [0.2, 0.25) is 5.90 Å². The number of carbonyl (C=O) groups is 1. The topological polar surface area (TPSA) is 47.9 Å². The molecule has 0 saturated carbocycles. The number of alkyl halides is 3. The molecule has 0 N–H and O–H groups in total. The highest BCUT2D eigenvalue weighted by Gasteiger charge is 2.63. The lowest BCUT2D eigenvalue weighted by molar-refractivity contribution is -0.276. The molecule has 1 unspecified atom stereocenters. The van der Waals surface area contributed by atoms with Crippen molar-refractivity contribution >= 4 is 11.9 Å². The summed E-state index contributed by atoms with van der Waals surface area (Å²) < 4.78 is 85.6. The summed E-state index contributed by atoms with van der Waals surface area (Å²) in [6.07, 6.45) is -6.37. The van der Waals surface area contributed by atoms with Gasteiger partial charge in [0, 0.05) is 5.56 Å². The Hall–Kier alpha value is -3.04. The standard InChI is InChI=1S/C17H9F6NO3/c18-11-6-10(7-12(19)14(11)20)16(17(21,22)23)8-13(24-27-16)26-15(25)9-4-2-1-3-5-9/h1-7H,8H2. The Morgan fingerprint density at radius 1 is 1.07 bits per heavy atom. The molecule has 0 amide bonds. The maximum absolute atomic E-state index is 13.6. The van der Waals surface area contributed by atoms with Crippen LogP contribution in [0.1, 0.15) is 22.3 Å². The Bertz CT molecular complexity index is 890. The molecule has 0 saturated heterocycles. The summed E-state index contributed by atoms with van der Waals surface area (Å²) in [6, 6.07) is 7.66. The largest absolute Gasteiger partial charge is 0.435 e. The molecule has 1 aliphatic rings. The van der Waals surface area contributed by atoms with E-state index in [9.17, 15) is 31.1 Å². The zero-order valence-electron chi connectivity index (χ0n) is 13.2. The SMILES string of the molecule is O=C(OC1=NOC(c2cc(F)c(F)c(F)c2)(C(F)(F)F)C1)c1ccccc1. The van der Waals surface area contributed by atoms with Crippen LogP contribution in [0, 0.1) is 17.5 Å². The number of ether oxygens (including phenoxy) is 1. The van der Waals surface area contributed by atoms with Gasteiger partial charge in [-0.3, -0.25) is 0 Å². The number of esters is 1. The van der Waals surface area contributed by atoms with Crippen molar-refractivity contribution in [1.82, 2.24) is 0 Å². The second kappa shape index (κ2) is 6.60. The molecule has 0 bridgehead atoms. The van der Waals surface area contributed by atoms with Gasteiger partial charge >= 0.3 is 12.1 Å². The van der Waals surface area contributed by atoms with Gasteiger partial charge in [-0.25, -0.2) is 18.0 Å². The molecule has 0 radical (unpaired) electrons. The smallest absolute Gasteiger partial charge is 0.404 e. The molecular weight excluding hydrogens is 380 g/mol. The summed E-state index contributed by atoms with van der Waals surface area (Å²) in [5.41, 5.74) is -4.33. The van der Waals surface area contributed by atoms with E-state index in [0.717, 1.165) is 0 Å². The number of hydrogen-bond acceptors (Lipinski definition) is 4. The maximum atomic E-state index is 13.6. The Morgan fingerprint density at radius 2 is 1.67 bits per heavy atom. The first-order valence-electron chi connectivity index (χ1n) is 7.38. The van der Waals surface area contributed by atoms with E-state index in [1.54, 1.807) is 6.07 Å². The number of benzene rings is 2. The number of halogens is 6. The van der Waals surface area contributed by atoms with Gasteiger partial charge in [-0.05, 0) is 24.3 Å². The van der Waals surface area contributed by atoms with Crippen LogP contribution in [0.15, 0.2) is 47.6 Å². The molecule has 3 rings (SSSR count). The van der Waals surface area contributed by atoms with Crippen molar-refractivity contribution in [3.05, 3.63) is 71.0 Å². The average molecular weight is 389 g/mol. The number of rotatable bonds is 2. The van der Waals surface area contributed by atoms with Crippen LogP contribution in [0.4, 0.5) is 26.3 Å². The Morgan fingerprint density at radius 3 is 2.22 bits per heavy atom. The van der Waals surface area contributed by atoms with Crippen LogP contribution in [0.3, 0.4) is 0 Å². The summed E-state index contributed by atoms with van der Waals surface area (Å²) >= 11 is 0. The molecule has 10 heteroatoms. The highest BCUT2D eigenvalue weighted by molar-refractivity contribution is 5.98. The molecule has 1 heterocycles. The normalized spacial score (nSPS) is 19.4. The maximum Gasteiger partial charge on any atom is 0.435 e. The lowest BCUT2D eigenvalue weighted by Crippen LogP contribution is -2.43. The van der Waals surface area contributed by atoms with Crippen molar-refractivity contribution in [3.63, 3.8) is 0 Å². The minimum absolute atomic E-state index is 0.0450. The Balaban J connectivity index is 1.90. The molecular formula is C17H9F6NO3. The first kappa shape index (κ1) is 18.7. The number of carbonyl (C=O) groups excluding carboxylic acids is 1. The molecule has 0 aliphatic carbocycles. The van der Waals surface area contributed by atoms with Crippen LogP contribution in [0.2, 0.25) is 0 Å². The van der Waals surface area contributed by atoms with E-state index in [4.69, 9.17) is 4.74 Å². The van der Waals surface area contributed by atoms with Crippen molar-refractivity contribution in [2.75, 3.05) is 0 Å². The van der Waals surface area contributed by atoms with Crippen molar-refractivity contribution in [2.45, 2.75) is 18.2 Å². The van der Waals surface area contributed by atoms with Crippen molar-refractivity contribution in [3.8, 4) is 0 Å². The zero-order valence-corrected chi connectivity index (χ0v) is 13.2. The van der Waals surface area contributed by atoms with Gasteiger partial charge in [0.15, 0.2) is 17.5 Å². The van der Waals surface area contributed by atoms with Crippen molar-refractivity contribution in [2.24, 2.45) is 5.16 Å². The monoisotopic (exact) mass is 389 g/mol. The van der Waals surface area contributed by atoms with Gasteiger partial charge < -0.3 is 9.57 Å². The molecule has 0 spiro atoms. The molecule has 0 fully saturated rings. The predicted molar refractivity (Wildman–Crippen MR) is 79.0 cm³/mol. The first-order valence-corrected chi connectivity index (χ1v) is 7.38. The highest BCUT2D eigenvalue weighted by atomic mass is 19.4. The number of nitrogens with zero attached hydrogens (tertiary/aromatic N) is 1. The van der Waals surface area contributed by atoms with E-state index in [2.05, 4.69) is 9.99 Å². The van der Waals surface area contributed by atoms with E-state index in [-0.39, 0.29) is 17.7 Å². The fraction of sp³-hybridized carbons (Fsp3) is 0.176. The van der Waals surface area contributed by atoms with E-state index >= 15 is 0 Å². The van der Waals surface area contributed by atoms with Crippen molar-refractivity contribution < 1.29 is 40.7 Å². The van der Waals surface area contributed by atoms with Gasteiger partial charge in [-0.2, -0.15) is 13.2 Å². The summed E-state index contributed by atoms with van der Waals surface area (Å²) in [5.74, 6) is -7.32. The van der Waals surface area contributed by atoms with Crippen LogP contribution < -0.4 is 0 Å². The number of hydrogen-bond donors (Lipinski definition) is 0. The van der Waals surface area contributed by atoms with Gasteiger partial charge in [0.1, 0.15) is 0 Å². The molecule has 27 heavy (non-hydrogen) atoms. The minimum Gasteiger partial charge on any atom is -0.404 e. The third-order valence-electron chi connectivity index (χ3n) is 3.83. The van der Waals surface area contributed by atoms with Crippen LogP contribution >= 0.6 is 0 Å². The fourth-order valence-corrected chi connectivity index (χ4v) is 2.46. The van der Waals surface area contributed by atoms with Crippen LogP contribution in [0.25, 0.3) is 0 Å². The summed E-state index contributed by atoms with van der Waals surface area (Å²) in [6.45, 7) is 0. The number of oxime groups is 1. The highest BCUT2D eigenvalue weighted by Crippen LogP contribution is 2.48. The quantitative estimate of drug-likeness (QED) is 0.433. The molecule has 1 aliphatic heterocycles. The molecule has 2 aromatic rings. The summed E-state index contributed by atoms with van der Waals surface area (Å²) in [7, 11) is 0. The first-order chi connectivity index (χ1) is 12.6. The minimum atomic E-state index is -5.20. The van der Waals surface area contributed by atoms with Gasteiger partial charge in [-0.15, -0.1) is 0 Å². The third-order valence-corrected chi connectivity index (χ3v) is 3.83. The molecule has 4 nitrogen and oxygen atoms in total. The van der Waals surface area contributed by atoms with E-state index in [0.29, 0.717) is 0 Å². The van der Waals surface area contributed by atoms with Crippen molar-refractivity contribution in [1.29, 1.82) is 0 Å². The second-order valence-electron chi connectivity index (χ2n) is 5.59. The summed E-state index contributed by atoms with van der Waals surface area (Å²) in [5, 5.41) is 3.09. The van der Waals surface area contributed by atoms with E-state index in [1.165, 1.54) is 24.3 Å². The Kier molecular flexibility index (Phi) is 4.58. The molecule has 0 aromatic heterocycles. The summed E-state index contributed by atoms with van der Waals surface area (Å²) in [4.78, 5) is 16.4. The van der Waals surface area contributed by atoms with E-state index < -0.39 is 53.1 Å². The zero-order chi connectivity index (χ0) is 19.8. The van der Waals surface area contributed by atoms with Gasteiger partial charge in [0.05, 0.1) is 12.0 Å². The van der Waals surface area contributed by atoms with Crippen LogP contribution in [-0.2, 0) is 15.2 Å². The van der Waals surface area contributed by atoms with Gasteiger partial charge in [-0.1, -0.05) is 23.4 Å². The van der Waals surface area contributed by atoms with E-state index in [1.807, 2.05) is 0 Å². The van der Waals surface area contributed by atoms with Gasteiger partial charge in [0.25, 0.3) is 5.60 Å². The Labute approximate surface area is 148 Å². The molecule has 1 atom stereocenters. The molecule has 142 valence electrons. The van der Waals surface area contributed by atoms with Crippen LogP contribution in [-0.4, -0.2) is 18.0 Å². The average Bonchev–Trinajstić information content (AvgIpc) is 3.05.